The summed E-state index contributed by atoms with van der Waals surface area (Å²) in [6.07, 6.45) is 3.80. The van der Waals surface area contributed by atoms with Crippen molar-refractivity contribution in [2.75, 3.05) is 7.11 Å². The maximum absolute atomic E-state index is 12.4. The van der Waals surface area contributed by atoms with Gasteiger partial charge in [0.15, 0.2) is 0 Å². The first-order valence-corrected chi connectivity index (χ1v) is 12.4. The van der Waals surface area contributed by atoms with Crippen molar-refractivity contribution in [1.82, 2.24) is 0 Å². The molecule has 0 N–H and O–H groups in total. The molecule has 10 atom stereocenters. The zero-order valence-corrected chi connectivity index (χ0v) is 20.0. The van der Waals surface area contributed by atoms with Crippen molar-refractivity contribution in [3.63, 3.8) is 0 Å². The molecule has 5 heteroatoms. The zero-order chi connectivity index (χ0) is 23.6. The number of fused-ring (bicyclic) bond motifs is 4. The van der Waals surface area contributed by atoms with Crippen LogP contribution in [0.2, 0.25) is 0 Å². The molecule has 1 aromatic carbocycles. The van der Waals surface area contributed by atoms with E-state index >= 15 is 0 Å². The van der Waals surface area contributed by atoms with E-state index in [2.05, 4.69) is 24.3 Å². The van der Waals surface area contributed by atoms with E-state index < -0.39 is 0 Å². The minimum absolute atomic E-state index is 0.0940. The van der Waals surface area contributed by atoms with E-state index in [1.54, 1.807) is 20.8 Å². The third kappa shape index (κ3) is 3.41. The van der Waals surface area contributed by atoms with Gasteiger partial charge < -0.3 is 4.74 Å². The van der Waals surface area contributed by atoms with E-state index in [0.29, 0.717) is 17.8 Å². The highest BCUT2D eigenvalue weighted by molar-refractivity contribution is 5.89. The summed E-state index contributed by atoms with van der Waals surface area (Å²) in [6.45, 7) is 4.89. The smallest absolute Gasteiger partial charge is 0.309 e. The third-order valence-electron chi connectivity index (χ3n) is 9.68. The number of carbonyl (C=O) groups excluding carboxylic acids is 4. The highest BCUT2D eigenvalue weighted by atomic mass is 16.5. The maximum Gasteiger partial charge on any atom is 0.309 e. The van der Waals surface area contributed by atoms with Crippen LogP contribution >= 0.6 is 0 Å². The molecule has 10 unspecified atom stereocenters. The van der Waals surface area contributed by atoms with E-state index in [1.165, 1.54) is 18.2 Å². The average Bonchev–Trinajstić information content (AvgIpc) is 3.55. The molecule has 5 rings (SSSR count). The summed E-state index contributed by atoms with van der Waals surface area (Å²) >= 11 is 0. The summed E-state index contributed by atoms with van der Waals surface area (Å²) in [5.41, 5.74) is 2.51. The molecule has 4 saturated carbocycles. The van der Waals surface area contributed by atoms with Gasteiger partial charge in [0.2, 0.25) is 0 Å². The quantitative estimate of drug-likeness (QED) is 0.603. The summed E-state index contributed by atoms with van der Waals surface area (Å²) in [7, 11) is 1.41. The number of Topliss-reactive ketones (excluding diaryl/α,β-unsaturated/α-hetero) is 3. The van der Waals surface area contributed by atoms with Crippen molar-refractivity contribution in [2.45, 2.75) is 58.3 Å². The molecular formula is C28H34O5. The average molecular weight is 451 g/mol. The Balaban J connectivity index is 1.35. The van der Waals surface area contributed by atoms with E-state index in [9.17, 15) is 19.2 Å². The summed E-state index contributed by atoms with van der Waals surface area (Å²) in [5.74, 6) is 1.04. The van der Waals surface area contributed by atoms with Crippen LogP contribution in [0.1, 0.15) is 69.4 Å². The van der Waals surface area contributed by atoms with Crippen LogP contribution in [0.25, 0.3) is 0 Å². The maximum atomic E-state index is 12.4. The molecule has 0 radical (unpaired) electrons. The van der Waals surface area contributed by atoms with Crippen LogP contribution in [-0.2, 0) is 23.9 Å². The highest BCUT2D eigenvalue weighted by Crippen LogP contribution is 2.61. The van der Waals surface area contributed by atoms with E-state index in [-0.39, 0.29) is 64.7 Å². The zero-order valence-electron chi connectivity index (χ0n) is 20.0. The van der Waals surface area contributed by atoms with E-state index in [1.807, 2.05) is 0 Å². The van der Waals surface area contributed by atoms with E-state index in [4.69, 9.17) is 4.74 Å². The van der Waals surface area contributed by atoms with Crippen LogP contribution in [0, 0.1) is 47.3 Å². The number of ketones is 3. The second kappa shape index (κ2) is 8.18. The number of hydrogen-bond acceptors (Lipinski definition) is 5. The van der Waals surface area contributed by atoms with Crippen molar-refractivity contribution in [1.29, 1.82) is 0 Å². The van der Waals surface area contributed by atoms with Crippen LogP contribution < -0.4 is 0 Å². The molecule has 0 amide bonds. The van der Waals surface area contributed by atoms with Crippen LogP contribution in [-0.4, -0.2) is 30.4 Å². The molecule has 4 fully saturated rings. The number of benzene rings is 1. The number of carbonyl (C=O) groups is 4. The minimum atomic E-state index is -0.292. The van der Waals surface area contributed by atoms with Crippen LogP contribution in [0.4, 0.5) is 0 Å². The van der Waals surface area contributed by atoms with Crippen molar-refractivity contribution in [3.8, 4) is 0 Å². The number of rotatable bonds is 6. The molecule has 33 heavy (non-hydrogen) atoms. The van der Waals surface area contributed by atoms with Gasteiger partial charge in [0.1, 0.15) is 17.3 Å². The van der Waals surface area contributed by atoms with Gasteiger partial charge in [-0.25, -0.2) is 0 Å². The molecule has 0 saturated heterocycles. The lowest BCUT2D eigenvalue weighted by atomic mass is 9.68. The first-order chi connectivity index (χ1) is 15.7. The Labute approximate surface area is 195 Å². The number of esters is 1. The Morgan fingerprint density at radius 2 is 1.03 bits per heavy atom. The molecule has 0 aliphatic heterocycles. The molecule has 0 spiro atoms. The van der Waals surface area contributed by atoms with Crippen molar-refractivity contribution in [2.24, 2.45) is 47.3 Å². The fraction of sp³-hybridized carbons (Fsp3) is 0.643. The standard InChI is InChI=1S/C28H34O5/c1-13(29)24-18-9-20(22(11-18)25(24)14(2)30)16-5-7-17(8-6-16)21-10-19-12-23(21)26(15(3)31)27(19)28(32)33-4/h5-8,18-27H,9-12H2,1-4H3. The van der Waals surface area contributed by atoms with Gasteiger partial charge in [0, 0.05) is 17.8 Å². The molecule has 4 bridgehead atoms. The van der Waals surface area contributed by atoms with Gasteiger partial charge in [-0.15, -0.1) is 0 Å². The predicted molar refractivity (Wildman–Crippen MR) is 122 cm³/mol. The first-order valence-electron chi connectivity index (χ1n) is 12.4. The first kappa shape index (κ1) is 22.5. The van der Waals surface area contributed by atoms with Crippen LogP contribution in [0.15, 0.2) is 24.3 Å². The fourth-order valence-corrected chi connectivity index (χ4v) is 8.65. The summed E-state index contributed by atoms with van der Waals surface area (Å²) in [5, 5.41) is 0. The monoisotopic (exact) mass is 450 g/mol. The SMILES string of the molecule is COC(=O)C1C2CC(c3ccc(C4CC5CC4C(C(C)=O)C5C(C)=O)cc3)C(C2)C1C(C)=O. The normalized spacial score (nSPS) is 40.7. The van der Waals surface area contributed by atoms with Gasteiger partial charge in [-0.3, -0.25) is 19.2 Å². The largest absolute Gasteiger partial charge is 0.469 e. The van der Waals surface area contributed by atoms with Crippen molar-refractivity contribution < 1.29 is 23.9 Å². The molecule has 5 nitrogen and oxygen atoms in total. The van der Waals surface area contributed by atoms with Crippen molar-refractivity contribution in [3.05, 3.63) is 35.4 Å². The van der Waals surface area contributed by atoms with Gasteiger partial charge in [-0.05, 0) is 93.1 Å². The Morgan fingerprint density at radius 1 is 0.636 bits per heavy atom. The topological polar surface area (TPSA) is 77.5 Å². The highest BCUT2D eigenvalue weighted by Gasteiger charge is 2.58. The predicted octanol–water partition coefficient (Wildman–Crippen LogP) is 4.34. The molecule has 1 aromatic rings. The molecule has 4 aliphatic carbocycles. The fourth-order valence-electron chi connectivity index (χ4n) is 8.65. The summed E-state index contributed by atoms with van der Waals surface area (Å²) in [4.78, 5) is 49.4. The second-order valence-corrected chi connectivity index (χ2v) is 11.1. The van der Waals surface area contributed by atoms with Gasteiger partial charge in [-0.2, -0.15) is 0 Å². The Hall–Kier alpha value is -2.30. The Bertz CT molecular complexity index is 994. The molecule has 0 heterocycles. The number of methoxy groups -OCH3 is 1. The Morgan fingerprint density at radius 3 is 1.42 bits per heavy atom. The second-order valence-electron chi connectivity index (χ2n) is 11.1. The van der Waals surface area contributed by atoms with Gasteiger partial charge in [-0.1, -0.05) is 24.3 Å². The Kier molecular flexibility index (Phi) is 5.57. The molecule has 176 valence electrons. The van der Waals surface area contributed by atoms with Crippen LogP contribution in [0.5, 0.6) is 0 Å². The lowest BCUT2D eigenvalue weighted by Crippen LogP contribution is -2.37. The van der Waals surface area contributed by atoms with Crippen LogP contribution in [0.3, 0.4) is 0 Å². The molecular weight excluding hydrogens is 416 g/mol. The third-order valence-corrected chi connectivity index (χ3v) is 9.68. The summed E-state index contributed by atoms with van der Waals surface area (Å²) in [6, 6.07) is 8.80. The van der Waals surface area contributed by atoms with Crippen molar-refractivity contribution >= 4 is 23.3 Å². The van der Waals surface area contributed by atoms with Gasteiger partial charge >= 0.3 is 5.97 Å². The van der Waals surface area contributed by atoms with E-state index in [0.717, 1.165) is 25.7 Å². The number of hydrogen-bond donors (Lipinski definition) is 0. The lowest BCUT2D eigenvalue weighted by molar-refractivity contribution is -0.152. The molecule has 0 aromatic heterocycles. The van der Waals surface area contributed by atoms with Gasteiger partial charge in [0.05, 0.1) is 13.0 Å². The summed E-state index contributed by atoms with van der Waals surface area (Å²) < 4.78 is 5.02. The molecule has 4 aliphatic rings. The lowest BCUT2D eigenvalue weighted by Gasteiger charge is -2.34. The number of ether oxygens (including phenoxy) is 1. The van der Waals surface area contributed by atoms with Gasteiger partial charge in [0.25, 0.3) is 0 Å². The minimum Gasteiger partial charge on any atom is -0.469 e.